The Morgan fingerprint density at radius 3 is 2.24 bits per heavy atom. The first-order valence-electron chi connectivity index (χ1n) is 18.5. The van der Waals surface area contributed by atoms with Crippen molar-refractivity contribution in [2.24, 2.45) is 41.4 Å². The molecule has 9 heteroatoms. The number of morpholine rings is 1. The van der Waals surface area contributed by atoms with Crippen LogP contribution in [0.4, 0.5) is 0 Å². The molecule has 0 radical (unpaired) electrons. The van der Waals surface area contributed by atoms with E-state index < -0.39 is 0 Å². The van der Waals surface area contributed by atoms with Crippen LogP contribution in [0.1, 0.15) is 92.4 Å². The number of hydrogen-bond acceptors (Lipinski definition) is 6. The summed E-state index contributed by atoms with van der Waals surface area (Å²) in [4.78, 5) is 46.2. The zero-order valence-electron chi connectivity index (χ0n) is 29.0. The third-order valence-corrected chi connectivity index (χ3v) is 12.7. The van der Waals surface area contributed by atoms with Gasteiger partial charge in [0.25, 0.3) is 0 Å². The van der Waals surface area contributed by atoms with Crippen molar-refractivity contribution in [1.29, 1.82) is 0 Å². The molecule has 0 aromatic heterocycles. The van der Waals surface area contributed by atoms with Gasteiger partial charge in [0.1, 0.15) is 0 Å². The van der Waals surface area contributed by atoms with Crippen molar-refractivity contribution in [3.8, 4) is 0 Å². The molecule has 3 aliphatic heterocycles. The van der Waals surface area contributed by atoms with E-state index in [1.54, 1.807) is 6.92 Å². The van der Waals surface area contributed by atoms with Crippen LogP contribution in [0.3, 0.4) is 0 Å². The van der Waals surface area contributed by atoms with Gasteiger partial charge in [0, 0.05) is 70.2 Å². The Kier molecular flexibility index (Phi) is 12.3. The second kappa shape index (κ2) is 15.9. The normalized spacial score (nSPS) is 37.3. The molecule has 0 spiro atoms. The SMILES string of the molecule is CCN(C1CCN(C(C)=O)CC1)C1CC(C2CCC(CN3CCOCC3)CC2)CC(C(=O)NCC2C(=O)NC(C)CC2C)C1C. The monoisotopic (exact) mass is 629 g/mol. The predicted octanol–water partition coefficient (Wildman–Crippen LogP) is 3.77. The fourth-order valence-electron chi connectivity index (χ4n) is 9.89. The van der Waals surface area contributed by atoms with Gasteiger partial charge in [-0.2, -0.15) is 0 Å². The lowest BCUT2D eigenvalue weighted by molar-refractivity contribution is -0.135. The lowest BCUT2D eigenvalue weighted by atomic mass is 9.63. The van der Waals surface area contributed by atoms with Crippen LogP contribution in [0, 0.1) is 41.4 Å². The summed E-state index contributed by atoms with van der Waals surface area (Å²) in [7, 11) is 0. The summed E-state index contributed by atoms with van der Waals surface area (Å²) in [6, 6.07) is 1.02. The number of carbonyl (C=O) groups excluding carboxylic acids is 3. The van der Waals surface area contributed by atoms with Gasteiger partial charge in [-0.05, 0) is 101 Å². The first-order chi connectivity index (χ1) is 21.6. The number of nitrogens with one attached hydrogen (secondary N) is 2. The summed E-state index contributed by atoms with van der Waals surface area (Å²) in [6.45, 7) is 18.6. The number of hydrogen-bond donors (Lipinski definition) is 2. The molecule has 0 bridgehead atoms. The first kappa shape index (κ1) is 34.6. The molecule has 2 N–H and O–H groups in total. The maximum Gasteiger partial charge on any atom is 0.225 e. The van der Waals surface area contributed by atoms with Gasteiger partial charge in [0.15, 0.2) is 0 Å². The van der Waals surface area contributed by atoms with E-state index in [4.69, 9.17) is 4.74 Å². The molecule has 0 aromatic carbocycles. The van der Waals surface area contributed by atoms with Crippen LogP contribution in [-0.4, -0.2) is 110 Å². The fraction of sp³-hybridized carbons (Fsp3) is 0.917. The number of amides is 3. The average molecular weight is 630 g/mol. The molecule has 5 rings (SSSR count). The number of ether oxygens (including phenoxy) is 1. The molecule has 3 heterocycles. The summed E-state index contributed by atoms with van der Waals surface area (Å²) >= 11 is 0. The zero-order chi connectivity index (χ0) is 32.1. The molecule has 7 atom stereocenters. The maximum atomic E-state index is 14.1. The molecule has 3 amide bonds. The third kappa shape index (κ3) is 8.61. The van der Waals surface area contributed by atoms with Crippen molar-refractivity contribution in [3.05, 3.63) is 0 Å². The van der Waals surface area contributed by atoms with E-state index in [1.807, 2.05) is 4.90 Å². The van der Waals surface area contributed by atoms with Gasteiger partial charge in [0.05, 0.1) is 19.1 Å². The summed E-state index contributed by atoms with van der Waals surface area (Å²) in [5, 5.41) is 6.40. The molecule has 45 heavy (non-hydrogen) atoms. The van der Waals surface area contributed by atoms with Gasteiger partial charge in [0.2, 0.25) is 17.7 Å². The van der Waals surface area contributed by atoms with Crippen molar-refractivity contribution >= 4 is 17.7 Å². The Morgan fingerprint density at radius 2 is 1.62 bits per heavy atom. The van der Waals surface area contributed by atoms with E-state index in [1.165, 1.54) is 38.6 Å². The maximum absolute atomic E-state index is 14.1. The molecule has 2 saturated carbocycles. The van der Waals surface area contributed by atoms with Gasteiger partial charge in [-0.25, -0.2) is 0 Å². The molecule has 256 valence electrons. The standard InChI is InChI=1S/C36H63N5O4/c1-6-41(31-11-13-40(14-12-31)27(5)42)34-21-30(29-9-7-28(8-10-29)23-39-15-17-45-18-16-39)20-32(26(34)4)35(43)37-22-33-24(2)19-25(3)38-36(33)44/h24-26,28-34H,6-23H2,1-5H3,(H,37,43)(H,38,44). The zero-order valence-corrected chi connectivity index (χ0v) is 29.0. The van der Waals surface area contributed by atoms with E-state index >= 15 is 0 Å². The number of nitrogens with zero attached hydrogens (tertiary/aromatic N) is 3. The molecular weight excluding hydrogens is 566 g/mol. The molecule has 2 aliphatic carbocycles. The van der Waals surface area contributed by atoms with Gasteiger partial charge < -0.3 is 20.3 Å². The van der Waals surface area contributed by atoms with Gasteiger partial charge in [-0.1, -0.05) is 20.8 Å². The summed E-state index contributed by atoms with van der Waals surface area (Å²) < 4.78 is 5.57. The van der Waals surface area contributed by atoms with E-state index in [0.717, 1.165) is 77.5 Å². The van der Waals surface area contributed by atoms with Crippen molar-refractivity contribution in [1.82, 2.24) is 25.3 Å². The number of likely N-dealkylation sites (tertiary alicyclic amines) is 1. The van der Waals surface area contributed by atoms with Crippen molar-refractivity contribution in [2.45, 2.75) is 111 Å². The van der Waals surface area contributed by atoms with Crippen LogP contribution in [-0.2, 0) is 19.1 Å². The number of carbonyl (C=O) groups is 3. The van der Waals surface area contributed by atoms with Gasteiger partial charge in [-0.15, -0.1) is 0 Å². The van der Waals surface area contributed by atoms with Crippen LogP contribution in [0.25, 0.3) is 0 Å². The molecule has 3 saturated heterocycles. The quantitative estimate of drug-likeness (QED) is 0.404. The molecule has 5 aliphatic rings. The largest absolute Gasteiger partial charge is 0.379 e. The number of piperidine rings is 2. The molecule has 0 aromatic rings. The summed E-state index contributed by atoms with van der Waals surface area (Å²) in [5.41, 5.74) is 0. The van der Waals surface area contributed by atoms with Gasteiger partial charge in [-0.3, -0.25) is 24.2 Å². The number of rotatable bonds is 9. The minimum atomic E-state index is -0.156. The smallest absolute Gasteiger partial charge is 0.225 e. The second-order valence-corrected chi connectivity index (χ2v) is 15.5. The molecule has 5 fully saturated rings. The van der Waals surface area contributed by atoms with Crippen LogP contribution >= 0.6 is 0 Å². The van der Waals surface area contributed by atoms with Crippen LogP contribution in [0.2, 0.25) is 0 Å². The Morgan fingerprint density at radius 1 is 0.933 bits per heavy atom. The molecule has 7 unspecified atom stereocenters. The average Bonchev–Trinajstić information content (AvgIpc) is 3.02. The summed E-state index contributed by atoms with van der Waals surface area (Å²) in [6.07, 6.45) is 10.3. The van der Waals surface area contributed by atoms with Crippen LogP contribution < -0.4 is 10.6 Å². The summed E-state index contributed by atoms with van der Waals surface area (Å²) in [5.74, 6) is 2.75. The third-order valence-electron chi connectivity index (χ3n) is 12.7. The highest BCUT2D eigenvalue weighted by Crippen LogP contribution is 2.46. The predicted molar refractivity (Wildman–Crippen MR) is 177 cm³/mol. The van der Waals surface area contributed by atoms with E-state index in [-0.39, 0.29) is 47.4 Å². The Balaban J connectivity index is 1.26. The van der Waals surface area contributed by atoms with Gasteiger partial charge >= 0.3 is 0 Å². The van der Waals surface area contributed by atoms with Crippen LogP contribution in [0.5, 0.6) is 0 Å². The van der Waals surface area contributed by atoms with Crippen molar-refractivity contribution in [3.63, 3.8) is 0 Å². The highest BCUT2D eigenvalue weighted by molar-refractivity contribution is 5.83. The van der Waals surface area contributed by atoms with E-state index in [0.29, 0.717) is 30.5 Å². The topological polar surface area (TPSA) is 94.2 Å². The first-order valence-corrected chi connectivity index (χ1v) is 18.5. The minimum absolute atomic E-state index is 0.0351. The molecular formula is C36H63N5O4. The molecule has 9 nitrogen and oxygen atoms in total. The highest BCUT2D eigenvalue weighted by atomic mass is 16.5. The van der Waals surface area contributed by atoms with E-state index in [2.05, 4.69) is 48.1 Å². The Bertz CT molecular complexity index is 988. The lowest BCUT2D eigenvalue weighted by Gasteiger charge is -2.51. The lowest BCUT2D eigenvalue weighted by Crippen LogP contribution is -2.57. The minimum Gasteiger partial charge on any atom is -0.379 e. The fourth-order valence-corrected chi connectivity index (χ4v) is 9.89. The van der Waals surface area contributed by atoms with E-state index in [9.17, 15) is 14.4 Å². The second-order valence-electron chi connectivity index (χ2n) is 15.5. The Labute approximate surface area is 272 Å². The Hall–Kier alpha value is -1.71. The van der Waals surface area contributed by atoms with Crippen molar-refractivity contribution < 1.29 is 19.1 Å². The van der Waals surface area contributed by atoms with Crippen molar-refractivity contribution in [2.75, 3.05) is 59.0 Å². The van der Waals surface area contributed by atoms with Crippen LogP contribution in [0.15, 0.2) is 0 Å². The highest BCUT2D eigenvalue weighted by Gasteiger charge is 2.45.